The van der Waals surface area contributed by atoms with Crippen LogP contribution in [0.15, 0.2) is 21.5 Å². The van der Waals surface area contributed by atoms with E-state index >= 15 is 0 Å². The molecule has 0 aliphatic rings. The highest BCUT2D eigenvalue weighted by molar-refractivity contribution is 9.10. The van der Waals surface area contributed by atoms with Crippen molar-refractivity contribution in [1.82, 2.24) is 0 Å². The molecule has 1 rings (SSSR count). The predicted octanol–water partition coefficient (Wildman–Crippen LogP) is 3.45. The lowest BCUT2D eigenvalue weighted by Crippen LogP contribution is -2.13. The first-order chi connectivity index (χ1) is 8.49. The van der Waals surface area contributed by atoms with Crippen LogP contribution in [0.25, 0.3) is 0 Å². The third-order valence-electron chi connectivity index (χ3n) is 2.13. The zero-order chi connectivity index (χ0) is 13.7. The molecule has 6 heteroatoms. The van der Waals surface area contributed by atoms with Crippen LogP contribution >= 0.6 is 27.7 Å². The molecule has 1 aromatic carbocycles. The van der Waals surface area contributed by atoms with Crippen LogP contribution in [0.2, 0.25) is 0 Å². The summed E-state index contributed by atoms with van der Waals surface area (Å²) >= 11 is 4.41. The van der Waals surface area contributed by atoms with E-state index in [0.29, 0.717) is 9.37 Å². The molecule has 3 nitrogen and oxygen atoms in total. The molecule has 0 saturated carbocycles. The van der Waals surface area contributed by atoms with Crippen molar-refractivity contribution >= 4 is 39.4 Å². The number of halogens is 2. The van der Waals surface area contributed by atoms with E-state index in [-0.39, 0.29) is 12.2 Å². The van der Waals surface area contributed by atoms with Gasteiger partial charge in [-0.25, -0.2) is 4.39 Å². The lowest BCUT2D eigenvalue weighted by atomic mass is 10.1. The Kier molecular flexibility index (Phi) is 5.81. The summed E-state index contributed by atoms with van der Waals surface area (Å²) in [7, 11) is 0. The van der Waals surface area contributed by atoms with E-state index in [4.69, 9.17) is 0 Å². The number of esters is 1. The number of thioether (sulfide) groups is 1. The number of carbonyl (C=O) groups is 2. The fourth-order valence-electron chi connectivity index (χ4n) is 1.41. The van der Waals surface area contributed by atoms with Crippen LogP contribution in [0.3, 0.4) is 0 Å². The number of hydrogen-bond donors (Lipinski definition) is 0. The monoisotopic (exact) mass is 334 g/mol. The third kappa shape index (κ3) is 3.81. The van der Waals surface area contributed by atoms with Gasteiger partial charge >= 0.3 is 5.97 Å². The molecule has 0 amide bonds. The first kappa shape index (κ1) is 15.2. The molecular weight excluding hydrogens is 323 g/mol. The highest BCUT2D eigenvalue weighted by Gasteiger charge is 2.20. The normalized spacial score (nSPS) is 10.2. The van der Waals surface area contributed by atoms with Gasteiger partial charge in [-0.3, -0.25) is 9.59 Å². The summed E-state index contributed by atoms with van der Waals surface area (Å²) in [5, 5.41) is 0. The zero-order valence-electron chi connectivity index (χ0n) is 9.96. The highest BCUT2D eigenvalue weighted by Crippen LogP contribution is 2.28. The smallest absolute Gasteiger partial charge is 0.313 e. The average molecular weight is 335 g/mol. The molecule has 0 heterocycles. The van der Waals surface area contributed by atoms with Gasteiger partial charge in [0, 0.05) is 9.37 Å². The molecule has 0 N–H and O–H groups in total. The highest BCUT2D eigenvalue weighted by atomic mass is 79.9. The van der Waals surface area contributed by atoms with Crippen molar-refractivity contribution in [2.45, 2.75) is 18.2 Å². The molecule has 1 aromatic rings. The van der Waals surface area contributed by atoms with Gasteiger partial charge in [-0.1, -0.05) is 15.9 Å². The first-order valence-corrected chi connectivity index (χ1v) is 7.23. The molecule has 0 aromatic heterocycles. The van der Waals surface area contributed by atoms with Gasteiger partial charge in [-0.05, 0) is 25.3 Å². The largest absolute Gasteiger partial charge is 0.466 e. The van der Waals surface area contributed by atoms with Crippen LogP contribution in [0.4, 0.5) is 4.39 Å². The summed E-state index contributed by atoms with van der Waals surface area (Å²) < 4.78 is 19.0. The summed E-state index contributed by atoms with van der Waals surface area (Å²) in [5.41, 5.74) is -0.0567. The Labute approximate surface area is 117 Å². The Bertz CT molecular complexity index is 477. The van der Waals surface area contributed by atoms with Gasteiger partial charge in [0.1, 0.15) is 12.2 Å². The van der Waals surface area contributed by atoms with Crippen LogP contribution < -0.4 is 0 Å². The quantitative estimate of drug-likeness (QED) is 0.358. The Morgan fingerprint density at radius 1 is 1.44 bits per heavy atom. The summed E-state index contributed by atoms with van der Waals surface area (Å²) in [6, 6.07) is 2.85. The number of hydrogen-bond acceptors (Lipinski definition) is 4. The molecule has 0 saturated heterocycles. The molecule has 0 aliphatic carbocycles. The minimum Gasteiger partial charge on any atom is -0.466 e. The summed E-state index contributed by atoms with van der Waals surface area (Å²) in [5.74, 6) is -1.84. The second-order valence-electron chi connectivity index (χ2n) is 3.37. The predicted molar refractivity (Wildman–Crippen MR) is 71.5 cm³/mol. The molecule has 0 fully saturated rings. The topological polar surface area (TPSA) is 43.4 Å². The Morgan fingerprint density at radius 2 is 2.11 bits per heavy atom. The Morgan fingerprint density at radius 3 is 2.67 bits per heavy atom. The number of ketones is 1. The molecule has 0 radical (unpaired) electrons. The number of rotatable bonds is 5. The molecule has 0 unspecified atom stereocenters. The van der Waals surface area contributed by atoms with E-state index in [0.717, 1.165) is 0 Å². The standard InChI is InChI=1S/C12H12BrFO3S/c1-3-17-11(16)6-9(15)12-8(14)4-7(13)5-10(12)18-2/h4-5H,3,6H2,1-2H3. The van der Waals surface area contributed by atoms with Gasteiger partial charge in [0.25, 0.3) is 0 Å². The fourth-order valence-corrected chi connectivity index (χ4v) is 2.65. The summed E-state index contributed by atoms with van der Waals surface area (Å²) in [6.45, 7) is 1.85. The summed E-state index contributed by atoms with van der Waals surface area (Å²) in [6.07, 6.45) is 1.29. The van der Waals surface area contributed by atoms with Crippen LogP contribution in [0.5, 0.6) is 0 Å². The van der Waals surface area contributed by atoms with Crippen molar-refractivity contribution in [3.8, 4) is 0 Å². The molecule has 0 spiro atoms. The maximum atomic E-state index is 13.8. The van der Waals surface area contributed by atoms with Crippen molar-refractivity contribution < 1.29 is 18.7 Å². The van der Waals surface area contributed by atoms with E-state index in [1.54, 1.807) is 19.2 Å². The molecular formula is C12H12BrFO3S. The molecule has 18 heavy (non-hydrogen) atoms. The number of benzene rings is 1. The van der Waals surface area contributed by atoms with E-state index in [9.17, 15) is 14.0 Å². The maximum Gasteiger partial charge on any atom is 0.313 e. The van der Waals surface area contributed by atoms with Crippen molar-refractivity contribution in [2.75, 3.05) is 12.9 Å². The van der Waals surface area contributed by atoms with Crippen molar-refractivity contribution in [1.29, 1.82) is 0 Å². The van der Waals surface area contributed by atoms with Gasteiger partial charge in [0.2, 0.25) is 0 Å². The average Bonchev–Trinajstić information content (AvgIpc) is 2.27. The molecule has 0 bridgehead atoms. The van der Waals surface area contributed by atoms with Gasteiger partial charge in [0.15, 0.2) is 5.78 Å². The minimum atomic E-state index is -0.642. The van der Waals surface area contributed by atoms with Crippen LogP contribution in [0.1, 0.15) is 23.7 Å². The number of ether oxygens (including phenoxy) is 1. The number of Topliss-reactive ketones (excluding diaryl/α,β-unsaturated/α-hetero) is 1. The molecule has 0 atom stereocenters. The van der Waals surface area contributed by atoms with Crippen LogP contribution in [-0.4, -0.2) is 24.6 Å². The van der Waals surface area contributed by atoms with E-state index in [1.165, 1.54) is 17.8 Å². The van der Waals surface area contributed by atoms with Crippen molar-refractivity contribution in [3.63, 3.8) is 0 Å². The molecule has 0 aliphatic heterocycles. The van der Waals surface area contributed by atoms with Gasteiger partial charge < -0.3 is 4.74 Å². The van der Waals surface area contributed by atoms with Crippen LogP contribution in [-0.2, 0) is 9.53 Å². The Balaban J connectivity index is 3.01. The number of carbonyl (C=O) groups excluding carboxylic acids is 2. The zero-order valence-corrected chi connectivity index (χ0v) is 12.4. The van der Waals surface area contributed by atoms with E-state index in [1.807, 2.05) is 0 Å². The third-order valence-corrected chi connectivity index (χ3v) is 3.35. The van der Waals surface area contributed by atoms with Crippen molar-refractivity contribution in [3.05, 3.63) is 28.0 Å². The van der Waals surface area contributed by atoms with Gasteiger partial charge in [-0.15, -0.1) is 11.8 Å². The Hall–Kier alpha value is -0.880. The first-order valence-electron chi connectivity index (χ1n) is 5.21. The van der Waals surface area contributed by atoms with Crippen molar-refractivity contribution in [2.24, 2.45) is 0 Å². The second kappa shape index (κ2) is 6.89. The fraction of sp³-hybridized carbons (Fsp3) is 0.333. The van der Waals surface area contributed by atoms with Crippen LogP contribution in [0, 0.1) is 5.82 Å². The SMILES string of the molecule is CCOC(=O)CC(=O)c1c(F)cc(Br)cc1SC. The second-order valence-corrected chi connectivity index (χ2v) is 5.13. The maximum absolute atomic E-state index is 13.8. The summed E-state index contributed by atoms with van der Waals surface area (Å²) in [4.78, 5) is 23.6. The lowest BCUT2D eigenvalue weighted by Gasteiger charge is -2.08. The van der Waals surface area contributed by atoms with Gasteiger partial charge in [0.05, 0.1) is 12.2 Å². The molecule has 98 valence electrons. The minimum absolute atomic E-state index is 0.0567. The van der Waals surface area contributed by atoms with Gasteiger partial charge in [-0.2, -0.15) is 0 Å². The van der Waals surface area contributed by atoms with E-state index in [2.05, 4.69) is 20.7 Å². The lowest BCUT2D eigenvalue weighted by molar-refractivity contribution is -0.141. The van der Waals surface area contributed by atoms with E-state index < -0.39 is 24.0 Å².